The van der Waals surface area contributed by atoms with Crippen molar-refractivity contribution in [3.8, 4) is 5.75 Å². The second kappa shape index (κ2) is 6.09. The number of nitrogens with zero attached hydrogens (tertiary/aromatic N) is 1. The fraction of sp³-hybridized carbons (Fsp3) is 0.200. The molecule has 2 aromatic rings. The Labute approximate surface area is 151 Å². The Kier molecular flexibility index (Phi) is 4.31. The average molecular weight is 404 g/mol. The van der Waals surface area contributed by atoms with Gasteiger partial charge in [-0.25, -0.2) is 12.7 Å². The van der Waals surface area contributed by atoms with Gasteiger partial charge in [-0.15, -0.1) is 0 Å². The molecule has 0 saturated carbocycles. The number of methoxy groups -OCH3 is 1. The lowest BCUT2D eigenvalue weighted by atomic mass is 10.0. The number of hydrogen-bond donors (Lipinski definition) is 1. The summed E-state index contributed by atoms with van der Waals surface area (Å²) in [6, 6.07) is 5.79. The zero-order valence-corrected chi connectivity index (χ0v) is 14.8. The van der Waals surface area contributed by atoms with Crippen LogP contribution in [-0.2, 0) is 21.0 Å². The summed E-state index contributed by atoms with van der Waals surface area (Å²) in [6.07, 6.45) is -4.76. The number of benzene rings is 2. The number of sulfonamides is 1. The molecule has 0 aliphatic carbocycles. The van der Waals surface area contributed by atoms with Crippen LogP contribution in [-0.4, -0.2) is 37.4 Å². The van der Waals surface area contributed by atoms with Gasteiger partial charge in [-0.1, -0.05) is 12.1 Å². The highest BCUT2D eigenvalue weighted by Gasteiger charge is 2.39. The Morgan fingerprint density at radius 1 is 1.19 bits per heavy atom. The molecule has 11 heteroatoms. The summed E-state index contributed by atoms with van der Waals surface area (Å²) in [4.78, 5) is 11.0. The van der Waals surface area contributed by atoms with E-state index in [0.29, 0.717) is 4.31 Å². The van der Waals surface area contributed by atoms with Gasteiger partial charge in [0, 0.05) is 5.39 Å². The number of amides is 1. The van der Waals surface area contributed by atoms with Gasteiger partial charge in [-0.3, -0.25) is 4.79 Å². The number of carbonyl (C=O) groups is 1. The van der Waals surface area contributed by atoms with Crippen molar-refractivity contribution in [3.63, 3.8) is 0 Å². The molecule has 1 aliphatic heterocycles. The quantitative estimate of drug-likeness (QED) is 0.795. The van der Waals surface area contributed by atoms with E-state index in [-0.39, 0.29) is 20.8 Å². The third kappa shape index (κ3) is 2.86. The molecule has 3 rings (SSSR count). The molecule has 1 amide bonds. The number of thiocarbonyl (C=S) groups is 1. The lowest BCUT2D eigenvalue weighted by Crippen LogP contribution is -2.34. The second-order valence-electron chi connectivity index (χ2n) is 5.36. The topological polar surface area (TPSA) is 75.7 Å². The normalized spacial score (nSPS) is 15.5. The molecule has 26 heavy (non-hydrogen) atoms. The molecule has 138 valence electrons. The molecule has 2 aromatic carbocycles. The van der Waals surface area contributed by atoms with E-state index in [2.05, 4.69) is 5.32 Å². The zero-order valence-electron chi connectivity index (χ0n) is 13.1. The van der Waals surface area contributed by atoms with Crippen LogP contribution in [0.3, 0.4) is 0 Å². The number of alkyl halides is 3. The summed E-state index contributed by atoms with van der Waals surface area (Å²) in [5.74, 6) is -1.04. The first-order chi connectivity index (χ1) is 12.1. The summed E-state index contributed by atoms with van der Waals surface area (Å²) in [7, 11) is -3.23. The van der Waals surface area contributed by atoms with E-state index in [4.69, 9.17) is 17.0 Å². The highest BCUT2D eigenvalue weighted by molar-refractivity contribution is 7.91. The number of fused-ring (bicyclic) bond motifs is 1. The van der Waals surface area contributed by atoms with Crippen LogP contribution in [0.25, 0.3) is 10.8 Å². The van der Waals surface area contributed by atoms with Gasteiger partial charge < -0.3 is 10.1 Å². The highest BCUT2D eigenvalue weighted by atomic mass is 32.2. The lowest BCUT2D eigenvalue weighted by molar-refractivity contribution is -0.137. The van der Waals surface area contributed by atoms with Gasteiger partial charge in [-0.05, 0) is 35.8 Å². The van der Waals surface area contributed by atoms with Crippen molar-refractivity contribution >= 4 is 44.0 Å². The minimum absolute atomic E-state index is 0.150. The first-order valence-corrected chi connectivity index (χ1v) is 8.95. The lowest BCUT2D eigenvalue weighted by Gasteiger charge is -2.19. The Hall–Kier alpha value is -2.40. The molecule has 1 aliphatic rings. The van der Waals surface area contributed by atoms with E-state index in [9.17, 15) is 26.4 Å². The molecule has 1 N–H and O–H groups in total. The summed E-state index contributed by atoms with van der Waals surface area (Å²) < 4.78 is 71.6. The van der Waals surface area contributed by atoms with Gasteiger partial charge in [0.05, 0.1) is 12.0 Å². The van der Waals surface area contributed by atoms with E-state index >= 15 is 0 Å². The first kappa shape index (κ1) is 18.4. The monoisotopic (exact) mass is 404 g/mol. The van der Waals surface area contributed by atoms with Crippen molar-refractivity contribution in [2.24, 2.45) is 0 Å². The molecule has 0 bridgehead atoms. The van der Waals surface area contributed by atoms with Crippen molar-refractivity contribution in [1.82, 2.24) is 9.62 Å². The van der Waals surface area contributed by atoms with E-state index in [0.717, 1.165) is 25.3 Å². The van der Waals surface area contributed by atoms with Crippen LogP contribution in [0.1, 0.15) is 5.56 Å². The molecule has 0 radical (unpaired) electrons. The van der Waals surface area contributed by atoms with E-state index in [1.807, 2.05) is 0 Å². The van der Waals surface area contributed by atoms with Gasteiger partial charge in [-0.2, -0.15) is 13.2 Å². The van der Waals surface area contributed by atoms with Gasteiger partial charge in [0.1, 0.15) is 17.9 Å². The van der Waals surface area contributed by atoms with E-state index < -0.39 is 40.0 Å². The molecule has 0 spiro atoms. The zero-order chi connectivity index (χ0) is 19.3. The van der Waals surface area contributed by atoms with Crippen molar-refractivity contribution in [2.45, 2.75) is 11.1 Å². The van der Waals surface area contributed by atoms with E-state index in [1.54, 1.807) is 0 Å². The summed E-state index contributed by atoms with van der Waals surface area (Å²) in [6.45, 7) is -0.528. The number of halogens is 3. The molecule has 1 heterocycles. The Morgan fingerprint density at radius 3 is 2.42 bits per heavy atom. The van der Waals surface area contributed by atoms with Gasteiger partial charge in [0.15, 0.2) is 5.11 Å². The maximum atomic E-state index is 13.5. The number of carbonyl (C=O) groups excluding carboxylic acids is 1. The van der Waals surface area contributed by atoms with E-state index in [1.165, 1.54) is 12.1 Å². The fourth-order valence-corrected chi connectivity index (χ4v) is 4.70. The first-order valence-electron chi connectivity index (χ1n) is 7.11. The number of rotatable bonds is 3. The smallest absolute Gasteiger partial charge is 0.420 e. The Balaban J connectivity index is 2.30. The van der Waals surface area contributed by atoms with Gasteiger partial charge in [0.25, 0.3) is 10.0 Å². The number of nitrogens with one attached hydrogen (secondary N) is 1. The predicted octanol–water partition coefficient (Wildman–Crippen LogP) is 2.27. The molecular formula is C15H11F3N2O4S2. The van der Waals surface area contributed by atoms with Crippen molar-refractivity contribution in [3.05, 3.63) is 35.9 Å². The molecule has 0 aromatic heterocycles. The maximum Gasteiger partial charge on any atom is 0.420 e. The standard InChI is InChI=1S/C15H11F3N2O4S2/c1-24-10-6-5-8-9(13(10)15(16,17)18)3-2-4-11(8)26(22,23)20-7-12(21)19-14(20)25/h2-6H,7H2,1H3,(H,19,21,25). The van der Waals surface area contributed by atoms with Crippen LogP contribution in [0.4, 0.5) is 13.2 Å². The third-order valence-corrected chi connectivity index (χ3v) is 6.06. The van der Waals surface area contributed by atoms with Crippen LogP contribution >= 0.6 is 12.2 Å². The van der Waals surface area contributed by atoms with Crippen molar-refractivity contribution in [2.75, 3.05) is 13.7 Å². The van der Waals surface area contributed by atoms with Crippen LogP contribution in [0.2, 0.25) is 0 Å². The Bertz CT molecular complexity index is 1040. The molecular weight excluding hydrogens is 393 g/mol. The summed E-state index contributed by atoms with van der Waals surface area (Å²) >= 11 is 4.83. The second-order valence-corrected chi connectivity index (χ2v) is 7.57. The minimum atomic E-state index is -4.76. The Morgan fingerprint density at radius 2 is 1.88 bits per heavy atom. The number of hydrogen-bond acceptors (Lipinski definition) is 5. The molecule has 1 saturated heterocycles. The molecule has 0 unspecified atom stereocenters. The van der Waals surface area contributed by atoms with Crippen LogP contribution in [0.15, 0.2) is 35.2 Å². The van der Waals surface area contributed by atoms with Gasteiger partial charge in [0.2, 0.25) is 5.91 Å². The summed E-state index contributed by atoms with van der Waals surface area (Å²) in [5.41, 5.74) is -1.08. The van der Waals surface area contributed by atoms with Crippen molar-refractivity contribution < 1.29 is 31.1 Å². The SMILES string of the molecule is COc1ccc2c(S(=O)(=O)N3CC(=O)NC3=S)cccc2c1C(F)(F)F. The largest absolute Gasteiger partial charge is 0.496 e. The maximum absolute atomic E-state index is 13.5. The third-order valence-electron chi connectivity index (χ3n) is 3.81. The predicted molar refractivity (Wildman–Crippen MR) is 90.1 cm³/mol. The minimum Gasteiger partial charge on any atom is -0.496 e. The van der Waals surface area contributed by atoms with Crippen molar-refractivity contribution in [1.29, 1.82) is 0 Å². The van der Waals surface area contributed by atoms with Crippen LogP contribution in [0.5, 0.6) is 5.75 Å². The van der Waals surface area contributed by atoms with Crippen LogP contribution in [0, 0.1) is 0 Å². The summed E-state index contributed by atoms with van der Waals surface area (Å²) in [5, 5.41) is 1.38. The average Bonchev–Trinajstić information content (AvgIpc) is 2.91. The van der Waals surface area contributed by atoms with Gasteiger partial charge >= 0.3 is 6.18 Å². The number of ether oxygens (including phenoxy) is 1. The molecule has 0 atom stereocenters. The van der Waals surface area contributed by atoms with Crippen LogP contribution < -0.4 is 10.1 Å². The fourth-order valence-electron chi connectivity index (χ4n) is 2.73. The molecule has 1 fully saturated rings. The highest BCUT2D eigenvalue weighted by Crippen LogP contribution is 2.42. The molecule has 6 nitrogen and oxygen atoms in total.